The van der Waals surface area contributed by atoms with Crippen LogP contribution in [0.3, 0.4) is 0 Å². The molecule has 10 heteroatoms. The molecule has 0 aliphatic heterocycles. The average molecular weight is 417 g/mol. The van der Waals surface area contributed by atoms with Crippen molar-refractivity contribution in [2.75, 3.05) is 7.11 Å². The van der Waals surface area contributed by atoms with Crippen LogP contribution >= 0.6 is 0 Å². The van der Waals surface area contributed by atoms with Crippen LogP contribution in [0, 0.1) is 5.82 Å². The van der Waals surface area contributed by atoms with E-state index in [9.17, 15) is 9.18 Å². The Labute approximate surface area is 175 Å². The minimum absolute atomic E-state index is 0.110. The van der Waals surface area contributed by atoms with E-state index < -0.39 is 11.8 Å². The van der Waals surface area contributed by atoms with Crippen LogP contribution in [-0.4, -0.2) is 47.7 Å². The summed E-state index contributed by atoms with van der Waals surface area (Å²) in [4.78, 5) is 16.3. The molecule has 3 heterocycles. The lowest BCUT2D eigenvalue weighted by molar-refractivity contribution is -0.139. The van der Waals surface area contributed by atoms with Crippen molar-refractivity contribution in [1.82, 2.24) is 34.6 Å². The van der Waals surface area contributed by atoms with Gasteiger partial charge in [0.05, 0.1) is 19.2 Å². The fraction of sp³-hybridized carbons (Fsp3) is 0.143. The minimum atomic E-state index is -0.476. The van der Waals surface area contributed by atoms with Gasteiger partial charge in [-0.1, -0.05) is 36.4 Å². The van der Waals surface area contributed by atoms with Crippen molar-refractivity contribution >= 4 is 22.9 Å². The first-order valence-electron chi connectivity index (χ1n) is 9.49. The lowest BCUT2D eigenvalue weighted by Crippen LogP contribution is -2.06. The van der Waals surface area contributed by atoms with E-state index in [1.165, 1.54) is 28.4 Å². The highest BCUT2D eigenvalue weighted by atomic mass is 19.1. The molecule has 0 amide bonds. The second-order valence-corrected chi connectivity index (χ2v) is 6.87. The number of aromatic nitrogens is 7. The third-order valence-electron chi connectivity index (χ3n) is 4.78. The number of hydrogen-bond acceptors (Lipinski definition) is 7. The summed E-state index contributed by atoms with van der Waals surface area (Å²) < 4.78 is 21.7. The van der Waals surface area contributed by atoms with Gasteiger partial charge in [-0.2, -0.15) is 14.6 Å². The van der Waals surface area contributed by atoms with Gasteiger partial charge in [-0.05, 0) is 23.8 Å². The SMILES string of the molecule is COC(=O)Cc1nn(-c2cccc(F)c2)c2c1nnc1nc(Cc3ccccc3)nn12. The molecular formula is C21H16FN7O2. The summed E-state index contributed by atoms with van der Waals surface area (Å²) in [6.07, 6.45) is 0.399. The molecule has 5 aromatic rings. The summed E-state index contributed by atoms with van der Waals surface area (Å²) in [7, 11) is 1.30. The zero-order valence-electron chi connectivity index (χ0n) is 16.4. The van der Waals surface area contributed by atoms with E-state index in [2.05, 4.69) is 25.4 Å². The number of carbonyl (C=O) groups excluding carboxylic acids is 1. The first-order chi connectivity index (χ1) is 15.1. The van der Waals surface area contributed by atoms with Crippen LogP contribution in [0.25, 0.3) is 22.6 Å². The molecule has 0 saturated carbocycles. The molecule has 0 saturated heterocycles. The fourth-order valence-electron chi connectivity index (χ4n) is 3.35. The average Bonchev–Trinajstić information content (AvgIpc) is 3.35. The van der Waals surface area contributed by atoms with Gasteiger partial charge in [0.25, 0.3) is 5.78 Å². The highest BCUT2D eigenvalue weighted by molar-refractivity contribution is 5.82. The van der Waals surface area contributed by atoms with Crippen LogP contribution in [0.15, 0.2) is 54.6 Å². The van der Waals surface area contributed by atoms with Crippen LogP contribution < -0.4 is 0 Å². The van der Waals surface area contributed by atoms with Gasteiger partial charge in [0.1, 0.15) is 11.5 Å². The van der Waals surface area contributed by atoms with Gasteiger partial charge in [0.2, 0.25) is 0 Å². The van der Waals surface area contributed by atoms with Crippen LogP contribution in [0.5, 0.6) is 0 Å². The van der Waals surface area contributed by atoms with E-state index >= 15 is 0 Å². The maximum absolute atomic E-state index is 13.9. The number of rotatable bonds is 5. The molecule has 3 aromatic heterocycles. The molecule has 31 heavy (non-hydrogen) atoms. The number of carbonyl (C=O) groups is 1. The number of halogens is 1. The third-order valence-corrected chi connectivity index (χ3v) is 4.78. The summed E-state index contributed by atoms with van der Waals surface area (Å²) in [6, 6.07) is 15.8. The summed E-state index contributed by atoms with van der Waals surface area (Å²) in [5, 5.41) is 17.5. The Morgan fingerprint density at radius 3 is 2.68 bits per heavy atom. The van der Waals surface area contributed by atoms with Crippen molar-refractivity contribution < 1.29 is 13.9 Å². The Morgan fingerprint density at radius 1 is 1.06 bits per heavy atom. The van der Waals surface area contributed by atoms with Gasteiger partial charge in [-0.25, -0.2) is 9.07 Å². The van der Waals surface area contributed by atoms with Gasteiger partial charge in [-0.15, -0.1) is 15.3 Å². The van der Waals surface area contributed by atoms with Crippen molar-refractivity contribution in [1.29, 1.82) is 0 Å². The topological polar surface area (TPSA) is 100 Å². The zero-order valence-corrected chi connectivity index (χ0v) is 16.4. The van der Waals surface area contributed by atoms with Crippen LogP contribution in [0.1, 0.15) is 17.1 Å². The van der Waals surface area contributed by atoms with E-state index in [1.54, 1.807) is 12.1 Å². The Morgan fingerprint density at radius 2 is 1.90 bits per heavy atom. The fourth-order valence-corrected chi connectivity index (χ4v) is 3.35. The van der Waals surface area contributed by atoms with E-state index in [4.69, 9.17) is 4.74 Å². The van der Waals surface area contributed by atoms with Crippen molar-refractivity contribution in [3.05, 3.63) is 77.5 Å². The number of fused-ring (bicyclic) bond motifs is 3. The minimum Gasteiger partial charge on any atom is -0.469 e. The Balaban J connectivity index is 1.71. The number of ether oxygens (including phenoxy) is 1. The molecular weight excluding hydrogens is 401 g/mol. The van der Waals surface area contributed by atoms with Crippen molar-refractivity contribution in [2.45, 2.75) is 12.8 Å². The molecule has 0 radical (unpaired) electrons. The Bertz CT molecular complexity index is 1410. The molecule has 0 atom stereocenters. The van der Waals surface area contributed by atoms with E-state index in [0.717, 1.165) is 5.56 Å². The number of nitrogens with zero attached hydrogens (tertiary/aromatic N) is 7. The third kappa shape index (κ3) is 3.48. The number of methoxy groups -OCH3 is 1. The summed E-state index contributed by atoms with van der Waals surface area (Å²) in [5.41, 5.74) is 2.64. The standard InChI is InChI=1S/C21H16FN7O2/c1-31-18(30)12-16-19-20(28(26-16)15-9-5-8-14(22)11-15)29-21(25-24-19)23-17(27-29)10-13-6-3-2-4-7-13/h2-9,11H,10,12H2,1H3. The zero-order chi connectivity index (χ0) is 21.4. The predicted molar refractivity (Wildman–Crippen MR) is 108 cm³/mol. The molecule has 0 unspecified atom stereocenters. The lowest BCUT2D eigenvalue weighted by Gasteiger charge is -2.03. The van der Waals surface area contributed by atoms with Gasteiger partial charge >= 0.3 is 5.97 Å². The van der Waals surface area contributed by atoms with E-state index in [-0.39, 0.29) is 12.2 Å². The molecule has 0 bridgehead atoms. The molecule has 0 spiro atoms. The normalized spacial score (nSPS) is 11.3. The monoisotopic (exact) mass is 417 g/mol. The van der Waals surface area contributed by atoms with Crippen molar-refractivity contribution in [3.63, 3.8) is 0 Å². The van der Waals surface area contributed by atoms with E-state index in [0.29, 0.717) is 34.8 Å². The second kappa shape index (κ2) is 7.56. The van der Waals surface area contributed by atoms with Gasteiger partial charge < -0.3 is 4.74 Å². The lowest BCUT2D eigenvalue weighted by atomic mass is 10.1. The second-order valence-electron chi connectivity index (χ2n) is 6.87. The maximum Gasteiger partial charge on any atom is 0.311 e. The Hall–Kier alpha value is -4.21. The number of hydrogen-bond donors (Lipinski definition) is 0. The molecule has 2 aromatic carbocycles. The van der Waals surface area contributed by atoms with Crippen LogP contribution in [0.4, 0.5) is 4.39 Å². The number of esters is 1. The molecule has 0 N–H and O–H groups in total. The van der Waals surface area contributed by atoms with Gasteiger partial charge in [-0.3, -0.25) is 4.79 Å². The number of benzene rings is 2. The largest absolute Gasteiger partial charge is 0.469 e. The quantitative estimate of drug-likeness (QED) is 0.405. The van der Waals surface area contributed by atoms with Crippen molar-refractivity contribution in [2.24, 2.45) is 0 Å². The van der Waals surface area contributed by atoms with Crippen molar-refractivity contribution in [3.8, 4) is 5.69 Å². The molecule has 0 fully saturated rings. The highest BCUT2D eigenvalue weighted by Crippen LogP contribution is 2.22. The summed E-state index contributed by atoms with van der Waals surface area (Å²) in [6.45, 7) is 0. The predicted octanol–water partition coefficient (Wildman–Crippen LogP) is 2.30. The Kier molecular flexibility index (Phi) is 4.58. The van der Waals surface area contributed by atoms with Crippen LogP contribution in [-0.2, 0) is 22.4 Å². The summed E-state index contributed by atoms with van der Waals surface area (Å²) >= 11 is 0. The molecule has 0 aliphatic carbocycles. The molecule has 5 rings (SSSR count). The molecule has 154 valence electrons. The summed E-state index contributed by atoms with van der Waals surface area (Å²) in [5.74, 6) is -0.0663. The van der Waals surface area contributed by atoms with Gasteiger partial charge in [0, 0.05) is 6.42 Å². The van der Waals surface area contributed by atoms with E-state index in [1.807, 2.05) is 30.3 Å². The van der Waals surface area contributed by atoms with Crippen LogP contribution in [0.2, 0.25) is 0 Å². The molecule has 9 nitrogen and oxygen atoms in total. The van der Waals surface area contributed by atoms with Gasteiger partial charge in [0.15, 0.2) is 17.0 Å². The first kappa shape index (κ1) is 18.8. The maximum atomic E-state index is 13.9. The molecule has 0 aliphatic rings. The highest BCUT2D eigenvalue weighted by Gasteiger charge is 2.22. The smallest absolute Gasteiger partial charge is 0.311 e. The first-order valence-corrected chi connectivity index (χ1v) is 9.49.